The van der Waals surface area contributed by atoms with Crippen LogP contribution < -0.4 is 9.47 Å². The molecule has 1 spiro atoms. The fraction of sp³-hybridized carbons (Fsp3) is 0.318. The summed E-state index contributed by atoms with van der Waals surface area (Å²) in [5.74, 6) is 1.19. The van der Waals surface area contributed by atoms with Gasteiger partial charge in [0, 0.05) is 30.6 Å². The van der Waals surface area contributed by atoms with Crippen LogP contribution in [0.25, 0.3) is 6.08 Å². The largest absolute Gasteiger partial charge is 0.504 e. The molecule has 2 aliphatic rings. The van der Waals surface area contributed by atoms with Crippen molar-refractivity contribution >= 4 is 12.0 Å². The highest BCUT2D eigenvalue weighted by molar-refractivity contribution is 5.95. The number of para-hydroxylation sites is 1. The van der Waals surface area contributed by atoms with E-state index in [0.717, 1.165) is 30.6 Å². The summed E-state index contributed by atoms with van der Waals surface area (Å²) < 4.78 is 11.5. The molecule has 0 aliphatic carbocycles. The molecule has 4 rings (SSSR count). The van der Waals surface area contributed by atoms with E-state index < -0.39 is 0 Å². The van der Waals surface area contributed by atoms with Crippen molar-refractivity contribution in [1.29, 1.82) is 0 Å². The number of amides is 1. The predicted octanol–water partition coefficient (Wildman–Crippen LogP) is 3.87. The van der Waals surface area contributed by atoms with Gasteiger partial charge in [0.25, 0.3) is 5.91 Å². The predicted molar refractivity (Wildman–Crippen MR) is 103 cm³/mol. The molecule has 1 saturated heterocycles. The van der Waals surface area contributed by atoms with E-state index in [-0.39, 0.29) is 17.3 Å². The lowest BCUT2D eigenvalue weighted by atomic mass is 9.91. The molecule has 2 aliphatic heterocycles. The Kier molecular flexibility index (Phi) is 4.52. The van der Waals surface area contributed by atoms with Crippen LogP contribution in [0.15, 0.2) is 48.5 Å². The van der Waals surface area contributed by atoms with Gasteiger partial charge in [0.2, 0.25) is 0 Å². The second-order valence-corrected chi connectivity index (χ2v) is 7.07. The Morgan fingerprint density at radius 3 is 2.89 bits per heavy atom. The van der Waals surface area contributed by atoms with E-state index in [1.165, 1.54) is 13.2 Å². The molecular formula is C22H23NO4. The van der Waals surface area contributed by atoms with Gasteiger partial charge >= 0.3 is 0 Å². The van der Waals surface area contributed by atoms with Crippen molar-refractivity contribution in [2.45, 2.75) is 24.9 Å². The van der Waals surface area contributed by atoms with Crippen LogP contribution in [-0.4, -0.2) is 41.7 Å². The van der Waals surface area contributed by atoms with Crippen molar-refractivity contribution in [1.82, 2.24) is 4.90 Å². The van der Waals surface area contributed by atoms with E-state index in [1.807, 2.05) is 29.2 Å². The number of carbonyl (C=O) groups is 1. The van der Waals surface area contributed by atoms with Crippen LogP contribution in [-0.2, 0) is 0 Å². The number of nitrogens with zero attached hydrogens (tertiary/aromatic N) is 1. The third-order valence-electron chi connectivity index (χ3n) is 5.35. The first-order valence-electron chi connectivity index (χ1n) is 9.24. The maximum atomic E-state index is 12.9. The molecule has 5 nitrogen and oxygen atoms in total. The number of likely N-dealkylation sites (tertiary alicyclic amines) is 1. The molecule has 2 aromatic rings. The summed E-state index contributed by atoms with van der Waals surface area (Å²) in [6.07, 6.45) is 6.76. The molecule has 1 fully saturated rings. The Morgan fingerprint density at radius 1 is 1.19 bits per heavy atom. The Bertz CT molecular complexity index is 892. The molecule has 2 aromatic carbocycles. The smallest absolute Gasteiger partial charge is 0.253 e. The SMILES string of the molecule is COc1cc(C(=O)N2CCC[C@]3(C=Cc4ccccc4O3)CC2)ccc1O. The number of hydrogen-bond acceptors (Lipinski definition) is 4. The molecule has 0 aromatic heterocycles. The van der Waals surface area contributed by atoms with Crippen LogP contribution in [0.1, 0.15) is 35.2 Å². The number of phenolic OH excluding ortho intramolecular Hbond substituents is 1. The van der Waals surface area contributed by atoms with Crippen molar-refractivity contribution in [3.63, 3.8) is 0 Å². The summed E-state index contributed by atoms with van der Waals surface area (Å²) in [5, 5.41) is 9.74. The number of benzene rings is 2. The zero-order valence-electron chi connectivity index (χ0n) is 15.4. The summed E-state index contributed by atoms with van der Waals surface area (Å²) >= 11 is 0. The van der Waals surface area contributed by atoms with Crippen LogP contribution in [0, 0.1) is 0 Å². The molecule has 0 bridgehead atoms. The highest BCUT2D eigenvalue weighted by Gasteiger charge is 2.36. The number of carbonyl (C=O) groups excluding carboxylic acids is 1. The first kappa shape index (κ1) is 17.5. The average Bonchev–Trinajstić information content (AvgIpc) is 2.90. The summed E-state index contributed by atoms with van der Waals surface area (Å²) in [6.45, 7) is 1.30. The van der Waals surface area contributed by atoms with Gasteiger partial charge in [-0.05, 0) is 43.2 Å². The lowest BCUT2D eigenvalue weighted by molar-refractivity contribution is 0.0730. The van der Waals surface area contributed by atoms with Gasteiger partial charge in [0.1, 0.15) is 11.4 Å². The Labute approximate surface area is 158 Å². The number of methoxy groups -OCH3 is 1. The summed E-state index contributed by atoms with van der Waals surface area (Å²) in [6, 6.07) is 12.7. The zero-order chi connectivity index (χ0) is 18.9. The molecule has 0 unspecified atom stereocenters. The van der Waals surface area contributed by atoms with Crippen LogP contribution in [0.2, 0.25) is 0 Å². The van der Waals surface area contributed by atoms with E-state index in [4.69, 9.17) is 9.47 Å². The van der Waals surface area contributed by atoms with E-state index >= 15 is 0 Å². The van der Waals surface area contributed by atoms with Gasteiger partial charge in [0.05, 0.1) is 7.11 Å². The van der Waals surface area contributed by atoms with Gasteiger partial charge in [0.15, 0.2) is 11.5 Å². The van der Waals surface area contributed by atoms with Gasteiger partial charge in [-0.1, -0.05) is 24.3 Å². The van der Waals surface area contributed by atoms with Gasteiger partial charge in [-0.2, -0.15) is 0 Å². The fourth-order valence-electron chi connectivity index (χ4n) is 3.80. The number of fused-ring (bicyclic) bond motifs is 1. The van der Waals surface area contributed by atoms with E-state index in [1.54, 1.807) is 12.1 Å². The quantitative estimate of drug-likeness (QED) is 0.878. The van der Waals surface area contributed by atoms with E-state index in [9.17, 15) is 9.90 Å². The second kappa shape index (κ2) is 6.99. The molecule has 0 radical (unpaired) electrons. The summed E-state index contributed by atoms with van der Waals surface area (Å²) in [5.41, 5.74) is 1.26. The fourth-order valence-corrected chi connectivity index (χ4v) is 3.80. The molecular weight excluding hydrogens is 342 g/mol. The lowest BCUT2D eigenvalue weighted by Crippen LogP contribution is -2.38. The van der Waals surface area contributed by atoms with Gasteiger partial charge in [-0.25, -0.2) is 0 Å². The van der Waals surface area contributed by atoms with Crippen LogP contribution in [0.3, 0.4) is 0 Å². The van der Waals surface area contributed by atoms with E-state index in [0.29, 0.717) is 24.4 Å². The highest BCUT2D eigenvalue weighted by atomic mass is 16.5. The van der Waals surface area contributed by atoms with Gasteiger partial charge in [-0.15, -0.1) is 0 Å². The van der Waals surface area contributed by atoms with Gasteiger partial charge < -0.3 is 19.5 Å². The molecule has 1 N–H and O–H groups in total. The minimum absolute atomic E-state index is 0.0308. The molecule has 140 valence electrons. The molecule has 5 heteroatoms. The number of ether oxygens (including phenoxy) is 2. The topological polar surface area (TPSA) is 59.0 Å². The maximum Gasteiger partial charge on any atom is 0.253 e. The van der Waals surface area contributed by atoms with Crippen molar-refractivity contribution in [3.8, 4) is 17.2 Å². The zero-order valence-corrected chi connectivity index (χ0v) is 15.4. The number of aromatic hydroxyl groups is 1. The van der Waals surface area contributed by atoms with Crippen molar-refractivity contribution in [3.05, 3.63) is 59.7 Å². The number of hydrogen-bond donors (Lipinski definition) is 1. The Balaban J connectivity index is 1.50. The van der Waals surface area contributed by atoms with Crippen molar-refractivity contribution < 1.29 is 19.4 Å². The van der Waals surface area contributed by atoms with Crippen molar-refractivity contribution in [2.75, 3.05) is 20.2 Å². The number of phenols is 1. The standard InChI is InChI=1S/C22H23NO4/c1-26-20-15-17(7-8-18(20)24)21(25)23-13-4-10-22(12-14-23)11-9-16-5-2-3-6-19(16)27-22/h2-3,5-9,11,15,24H,4,10,12-14H2,1H3/t22-/m0/s1. The third-order valence-corrected chi connectivity index (χ3v) is 5.35. The van der Waals surface area contributed by atoms with Gasteiger partial charge in [-0.3, -0.25) is 4.79 Å². The summed E-state index contributed by atoms with van der Waals surface area (Å²) in [4.78, 5) is 14.8. The molecule has 1 atom stereocenters. The highest BCUT2D eigenvalue weighted by Crippen LogP contribution is 2.37. The number of rotatable bonds is 2. The first-order chi connectivity index (χ1) is 13.1. The molecule has 1 amide bonds. The molecule has 2 heterocycles. The molecule has 27 heavy (non-hydrogen) atoms. The lowest BCUT2D eigenvalue weighted by Gasteiger charge is -2.34. The minimum Gasteiger partial charge on any atom is -0.504 e. The summed E-state index contributed by atoms with van der Waals surface area (Å²) in [7, 11) is 1.48. The first-order valence-corrected chi connectivity index (χ1v) is 9.24. The maximum absolute atomic E-state index is 12.9. The van der Waals surface area contributed by atoms with E-state index in [2.05, 4.69) is 12.2 Å². The molecule has 0 saturated carbocycles. The van der Waals surface area contributed by atoms with Crippen LogP contribution in [0.4, 0.5) is 0 Å². The average molecular weight is 365 g/mol. The van der Waals surface area contributed by atoms with Crippen LogP contribution in [0.5, 0.6) is 17.2 Å². The third kappa shape index (κ3) is 3.37. The Hall–Kier alpha value is -2.95. The van der Waals surface area contributed by atoms with Crippen LogP contribution >= 0.6 is 0 Å². The normalized spacial score (nSPS) is 21.3. The Morgan fingerprint density at radius 2 is 2.04 bits per heavy atom. The second-order valence-electron chi connectivity index (χ2n) is 7.07. The monoisotopic (exact) mass is 365 g/mol. The van der Waals surface area contributed by atoms with Crippen molar-refractivity contribution in [2.24, 2.45) is 0 Å². The minimum atomic E-state index is -0.351.